The molecular formula is C25H29N3OS. The lowest BCUT2D eigenvalue weighted by molar-refractivity contribution is 0.226. The summed E-state index contributed by atoms with van der Waals surface area (Å²) < 4.78 is 0. The first-order chi connectivity index (χ1) is 14.2. The van der Waals surface area contributed by atoms with Gasteiger partial charge in [0, 0.05) is 22.7 Å². The van der Waals surface area contributed by atoms with Gasteiger partial charge < -0.3 is 0 Å². The number of aliphatic imine (C=N–C) groups is 1. The van der Waals surface area contributed by atoms with Crippen molar-refractivity contribution in [3.63, 3.8) is 0 Å². The summed E-state index contributed by atoms with van der Waals surface area (Å²) in [5, 5.41) is 0.777. The molecular weight excluding hydrogens is 390 g/mol. The average Bonchev–Trinajstić information content (AvgIpc) is 2.70. The van der Waals surface area contributed by atoms with Gasteiger partial charge in [0.1, 0.15) is 0 Å². The molecule has 30 heavy (non-hydrogen) atoms. The van der Waals surface area contributed by atoms with Gasteiger partial charge in [0.25, 0.3) is 0 Å². The predicted molar refractivity (Wildman–Crippen MR) is 128 cm³/mol. The maximum absolute atomic E-state index is 13.3. The Labute approximate surface area is 184 Å². The maximum Gasteiger partial charge on any atom is 0.331 e. The van der Waals surface area contributed by atoms with Gasteiger partial charge in [-0.2, -0.15) is 0 Å². The number of urea groups is 1. The number of nitrogens with zero attached hydrogens (tertiary/aromatic N) is 3. The van der Waals surface area contributed by atoms with Gasteiger partial charge in [-0.25, -0.2) is 4.79 Å². The molecule has 2 amide bonds. The number of amidine groups is 1. The fraction of sp³-hybridized carbons (Fsp3) is 0.360. The number of rotatable bonds is 4. The summed E-state index contributed by atoms with van der Waals surface area (Å²) in [5.74, 6) is 7.04. The molecule has 0 radical (unpaired) electrons. The highest BCUT2D eigenvalue weighted by Crippen LogP contribution is 2.28. The van der Waals surface area contributed by atoms with Gasteiger partial charge in [0.05, 0.1) is 12.4 Å². The van der Waals surface area contributed by atoms with Crippen molar-refractivity contribution >= 4 is 28.6 Å². The molecule has 0 bridgehead atoms. The Morgan fingerprint density at radius 2 is 1.73 bits per heavy atom. The van der Waals surface area contributed by atoms with Crippen LogP contribution in [-0.2, 0) is 6.54 Å². The van der Waals surface area contributed by atoms with E-state index in [-0.39, 0.29) is 17.5 Å². The molecule has 0 N–H and O–H groups in total. The van der Waals surface area contributed by atoms with Crippen molar-refractivity contribution in [2.24, 2.45) is 10.4 Å². The molecule has 0 aliphatic carbocycles. The molecule has 0 spiro atoms. The van der Waals surface area contributed by atoms with Gasteiger partial charge in [-0.1, -0.05) is 53.9 Å². The Hall–Kier alpha value is -2.71. The van der Waals surface area contributed by atoms with E-state index in [2.05, 4.69) is 32.6 Å². The van der Waals surface area contributed by atoms with Crippen molar-refractivity contribution in [2.45, 2.75) is 47.2 Å². The molecule has 2 aromatic carbocycles. The third-order valence-electron chi connectivity index (χ3n) is 4.33. The predicted octanol–water partition coefficient (Wildman–Crippen LogP) is 5.98. The molecule has 4 nitrogen and oxygen atoms in total. The summed E-state index contributed by atoms with van der Waals surface area (Å²) in [6.07, 6.45) is 0. The molecule has 0 saturated carbocycles. The number of amides is 2. The highest BCUT2D eigenvalue weighted by atomic mass is 32.2. The SMILES string of the molecule is CC(C)N=C1SCN(c2ccccc2)C(=O)N1Cc1ccc(C#CC(C)(C)C)cc1. The van der Waals surface area contributed by atoms with Crippen LogP contribution in [0.4, 0.5) is 10.5 Å². The minimum atomic E-state index is -0.0454. The normalized spacial score (nSPS) is 16.1. The molecule has 2 aromatic rings. The number of benzene rings is 2. The first kappa shape index (κ1) is 22.0. The third-order valence-corrected chi connectivity index (χ3v) is 5.30. The van der Waals surface area contributed by atoms with Crippen LogP contribution in [0.2, 0.25) is 0 Å². The first-order valence-corrected chi connectivity index (χ1v) is 11.2. The van der Waals surface area contributed by atoms with Gasteiger partial charge in [-0.15, -0.1) is 0 Å². The van der Waals surface area contributed by atoms with Crippen LogP contribution in [0.5, 0.6) is 0 Å². The quantitative estimate of drug-likeness (QED) is 0.571. The van der Waals surface area contributed by atoms with Crippen molar-refractivity contribution < 1.29 is 4.79 Å². The minimum absolute atomic E-state index is 0.0285. The van der Waals surface area contributed by atoms with E-state index in [1.165, 1.54) is 0 Å². The Morgan fingerprint density at radius 3 is 2.33 bits per heavy atom. The van der Waals surface area contributed by atoms with Gasteiger partial charge in [-0.05, 0) is 64.4 Å². The van der Waals surface area contributed by atoms with Crippen molar-refractivity contribution in [3.8, 4) is 11.8 Å². The van der Waals surface area contributed by atoms with Gasteiger partial charge in [0.2, 0.25) is 0 Å². The van der Waals surface area contributed by atoms with Gasteiger partial charge in [0.15, 0.2) is 5.17 Å². The van der Waals surface area contributed by atoms with Crippen LogP contribution in [0.25, 0.3) is 0 Å². The van der Waals surface area contributed by atoms with Crippen LogP contribution < -0.4 is 4.90 Å². The lowest BCUT2D eigenvalue weighted by atomic mass is 9.97. The molecule has 0 atom stereocenters. The zero-order valence-corrected chi connectivity index (χ0v) is 19.2. The monoisotopic (exact) mass is 419 g/mol. The van der Waals surface area contributed by atoms with Crippen LogP contribution in [0, 0.1) is 17.3 Å². The molecule has 5 heteroatoms. The molecule has 1 aliphatic heterocycles. The van der Waals surface area contributed by atoms with Crippen molar-refractivity contribution in [3.05, 3.63) is 65.7 Å². The average molecular weight is 420 g/mol. The second kappa shape index (κ2) is 9.40. The summed E-state index contributed by atoms with van der Waals surface area (Å²) >= 11 is 1.60. The van der Waals surface area contributed by atoms with Crippen molar-refractivity contribution in [1.29, 1.82) is 0 Å². The number of hydrogen-bond donors (Lipinski definition) is 0. The van der Waals surface area contributed by atoms with Crippen LogP contribution in [0.15, 0.2) is 59.6 Å². The minimum Gasteiger partial charge on any atom is -0.284 e. The summed E-state index contributed by atoms with van der Waals surface area (Å²) in [6.45, 7) is 10.8. The molecule has 156 valence electrons. The van der Waals surface area contributed by atoms with E-state index in [0.29, 0.717) is 12.4 Å². The second-order valence-corrected chi connectivity index (χ2v) is 9.52. The second-order valence-electron chi connectivity index (χ2n) is 8.61. The highest BCUT2D eigenvalue weighted by Gasteiger charge is 2.32. The van der Waals surface area contributed by atoms with E-state index in [4.69, 9.17) is 4.99 Å². The lowest BCUT2D eigenvalue weighted by Crippen LogP contribution is -2.50. The zero-order valence-electron chi connectivity index (χ0n) is 18.3. The Kier molecular flexibility index (Phi) is 6.89. The van der Waals surface area contributed by atoms with Gasteiger partial charge >= 0.3 is 6.03 Å². The van der Waals surface area contributed by atoms with E-state index >= 15 is 0 Å². The number of carbonyl (C=O) groups is 1. The molecule has 1 heterocycles. The zero-order chi connectivity index (χ0) is 21.7. The van der Waals surface area contributed by atoms with Crippen molar-refractivity contribution in [1.82, 2.24) is 4.90 Å². The fourth-order valence-corrected chi connectivity index (χ4v) is 3.96. The van der Waals surface area contributed by atoms with Crippen LogP contribution in [-0.4, -0.2) is 28.0 Å². The largest absolute Gasteiger partial charge is 0.331 e. The molecule has 3 rings (SSSR count). The Morgan fingerprint density at radius 1 is 1.07 bits per heavy atom. The van der Waals surface area contributed by atoms with E-state index < -0.39 is 0 Å². The maximum atomic E-state index is 13.3. The fourth-order valence-electron chi connectivity index (χ4n) is 2.87. The number of para-hydroxylation sites is 1. The number of anilines is 1. The summed E-state index contributed by atoms with van der Waals surface area (Å²) in [4.78, 5) is 21.6. The van der Waals surface area contributed by atoms with Crippen LogP contribution in [0.1, 0.15) is 45.7 Å². The Bertz CT molecular complexity index is 963. The van der Waals surface area contributed by atoms with E-state index in [0.717, 1.165) is 22.0 Å². The molecule has 0 unspecified atom stereocenters. The van der Waals surface area contributed by atoms with Crippen molar-refractivity contribution in [2.75, 3.05) is 10.8 Å². The summed E-state index contributed by atoms with van der Waals surface area (Å²) in [6, 6.07) is 18.0. The highest BCUT2D eigenvalue weighted by molar-refractivity contribution is 8.14. The van der Waals surface area contributed by atoms with E-state index in [9.17, 15) is 4.79 Å². The molecule has 0 aromatic heterocycles. The molecule has 1 saturated heterocycles. The third kappa shape index (κ3) is 5.90. The standard InChI is InChI=1S/C25H29N3OS/c1-19(2)26-23-27(24(29)28(18-30-23)22-9-7-6-8-10-22)17-21-13-11-20(12-14-21)15-16-25(3,4)5/h6-14,19H,17-18H2,1-5H3. The van der Waals surface area contributed by atoms with Gasteiger partial charge in [-0.3, -0.25) is 14.8 Å². The smallest absolute Gasteiger partial charge is 0.284 e. The molecule has 1 fully saturated rings. The van der Waals surface area contributed by atoms with Crippen LogP contribution in [0.3, 0.4) is 0 Å². The summed E-state index contributed by atoms with van der Waals surface area (Å²) in [5.41, 5.74) is 2.90. The Balaban J connectivity index is 1.84. The topological polar surface area (TPSA) is 35.9 Å². The molecule has 1 aliphatic rings. The lowest BCUT2D eigenvalue weighted by Gasteiger charge is -2.36. The number of thioether (sulfide) groups is 1. The first-order valence-electron chi connectivity index (χ1n) is 10.2. The van der Waals surface area contributed by atoms with Crippen LogP contribution >= 0.6 is 11.8 Å². The van der Waals surface area contributed by atoms with E-state index in [1.54, 1.807) is 21.6 Å². The summed E-state index contributed by atoms with van der Waals surface area (Å²) in [7, 11) is 0. The van der Waals surface area contributed by atoms with E-state index in [1.807, 2.05) is 68.4 Å². The number of hydrogen-bond acceptors (Lipinski definition) is 3. The number of carbonyl (C=O) groups excluding carboxylic acids is 1.